The topological polar surface area (TPSA) is 3.24 Å². The first-order valence-electron chi connectivity index (χ1n) is 5.33. The van der Waals surface area contributed by atoms with Crippen molar-refractivity contribution in [3.05, 3.63) is 0 Å². The minimum Gasteiger partial charge on any atom is -0.310 e. The van der Waals surface area contributed by atoms with Crippen molar-refractivity contribution in [2.24, 2.45) is 0 Å². The van der Waals surface area contributed by atoms with Gasteiger partial charge in [0.1, 0.15) is 6.67 Å². The van der Waals surface area contributed by atoms with E-state index in [1.54, 1.807) is 0 Å². The zero-order valence-corrected chi connectivity index (χ0v) is 8.84. The van der Waals surface area contributed by atoms with Crippen LogP contribution in [0.4, 0.5) is 0 Å². The van der Waals surface area contributed by atoms with E-state index in [0.29, 0.717) is 0 Å². The van der Waals surface area contributed by atoms with Crippen LogP contribution >= 0.6 is 0 Å². The quantitative estimate of drug-likeness (QED) is 0.580. The normalized spacial score (nSPS) is 23.2. The molecule has 1 heterocycles. The van der Waals surface area contributed by atoms with Crippen LogP contribution in [0.1, 0.15) is 27.2 Å². The molecule has 1 aliphatic rings. The van der Waals surface area contributed by atoms with Gasteiger partial charge in [-0.2, -0.15) is 0 Å². The Balaban J connectivity index is 2.41. The van der Waals surface area contributed by atoms with Crippen molar-refractivity contribution < 1.29 is 4.48 Å². The molecule has 0 aromatic heterocycles. The van der Waals surface area contributed by atoms with Gasteiger partial charge in [0, 0.05) is 6.54 Å². The second kappa shape index (κ2) is 4.24. The monoisotopic (exact) mass is 171 g/mol. The van der Waals surface area contributed by atoms with Gasteiger partial charge in [0.2, 0.25) is 0 Å². The smallest absolute Gasteiger partial charge is 0.135 e. The van der Waals surface area contributed by atoms with Gasteiger partial charge >= 0.3 is 0 Å². The molecular weight excluding hydrogens is 148 g/mol. The molecule has 1 saturated heterocycles. The van der Waals surface area contributed by atoms with Gasteiger partial charge in [0.25, 0.3) is 0 Å². The van der Waals surface area contributed by atoms with Gasteiger partial charge < -0.3 is 4.48 Å². The molecule has 0 unspecified atom stereocenters. The van der Waals surface area contributed by atoms with Crippen molar-refractivity contribution in [1.29, 1.82) is 0 Å². The maximum Gasteiger partial charge on any atom is 0.135 e. The molecule has 0 aromatic carbocycles. The van der Waals surface area contributed by atoms with E-state index in [1.165, 1.54) is 50.3 Å². The number of rotatable bonds is 4. The Hall–Kier alpha value is -0.0800. The van der Waals surface area contributed by atoms with Gasteiger partial charge in [-0.25, -0.2) is 0 Å². The Morgan fingerprint density at radius 1 is 1.17 bits per heavy atom. The summed E-state index contributed by atoms with van der Waals surface area (Å²) in [6, 6.07) is 0. The van der Waals surface area contributed by atoms with Gasteiger partial charge in [0.15, 0.2) is 0 Å². The summed E-state index contributed by atoms with van der Waals surface area (Å²) in [5.41, 5.74) is 0. The van der Waals surface area contributed by atoms with Crippen molar-refractivity contribution >= 4 is 0 Å². The maximum atomic E-state index is 2.60. The number of likely N-dealkylation sites (N-methyl/N-ethyl adjacent to an activating group) is 1. The maximum absolute atomic E-state index is 2.60. The van der Waals surface area contributed by atoms with E-state index in [9.17, 15) is 0 Å². The predicted octanol–water partition coefficient (Wildman–Crippen LogP) is 1.53. The number of hydrogen-bond acceptors (Lipinski definition) is 1. The molecule has 12 heavy (non-hydrogen) atoms. The first-order valence-corrected chi connectivity index (χ1v) is 5.33. The van der Waals surface area contributed by atoms with Crippen LogP contribution in [0, 0.1) is 0 Å². The lowest BCUT2D eigenvalue weighted by atomic mass is 10.4. The molecule has 0 amide bonds. The van der Waals surface area contributed by atoms with Gasteiger partial charge in [-0.3, -0.25) is 4.90 Å². The Labute approximate surface area is 76.7 Å². The van der Waals surface area contributed by atoms with Crippen LogP contribution < -0.4 is 0 Å². The zero-order valence-electron chi connectivity index (χ0n) is 8.84. The van der Waals surface area contributed by atoms with E-state index in [1.807, 2.05) is 0 Å². The Morgan fingerprint density at radius 3 is 2.25 bits per heavy atom. The van der Waals surface area contributed by atoms with E-state index in [-0.39, 0.29) is 0 Å². The average Bonchev–Trinajstić information content (AvgIpc) is 2.50. The molecule has 1 fully saturated rings. The van der Waals surface area contributed by atoms with Crippen molar-refractivity contribution in [2.45, 2.75) is 27.2 Å². The van der Waals surface area contributed by atoms with Gasteiger partial charge in [-0.1, -0.05) is 6.92 Å². The lowest BCUT2D eigenvalue weighted by Crippen LogP contribution is -2.46. The third-order valence-corrected chi connectivity index (χ3v) is 3.27. The van der Waals surface area contributed by atoms with Crippen LogP contribution in [0.5, 0.6) is 0 Å². The highest BCUT2D eigenvalue weighted by molar-refractivity contribution is 4.60. The Kier molecular flexibility index (Phi) is 3.53. The number of hydrogen-bond donors (Lipinski definition) is 0. The third-order valence-electron chi connectivity index (χ3n) is 3.27. The summed E-state index contributed by atoms with van der Waals surface area (Å²) >= 11 is 0. The first kappa shape index (κ1) is 10.0. The minimum absolute atomic E-state index is 1.29. The van der Waals surface area contributed by atoms with Crippen molar-refractivity contribution in [1.82, 2.24) is 4.90 Å². The first-order chi connectivity index (χ1) is 5.76. The fourth-order valence-corrected chi connectivity index (χ4v) is 2.16. The molecule has 0 aromatic rings. The van der Waals surface area contributed by atoms with Crippen LogP contribution in [-0.2, 0) is 0 Å². The van der Waals surface area contributed by atoms with Crippen molar-refractivity contribution in [3.63, 3.8) is 0 Å². The Bertz CT molecular complexity index is 130. The van der Waals surface area contributed by atoms with Crippen LogP contribution in [0.15, 0.2) is 0 Å². The zero-order chi connectivity index (χ0) is 9.03. The molecule has 0 spiro atoms. The summed E-state index contributed by atoms with van der Waals surface area (Å²) in [5.74, 6) is 0. The number of quaternary nitrogens is 1. The largest absolute Gasteiger partial charge is 0.310 e. The lowest BCUT2D eigenvalue weighted by molar-refractivity contribution is -0.917. The van der Waals surface area contributed by atoms with E-state index in [4.69, 9.17) is 0 Å². The SMILES string of the molecule is CCCN1CC[N+](CC)(CC)C1. The van der Waals surface area contributed by atoms with Crippen LogP contribution in [0.2, 0.25) is 0 Å². The van der Waals surface area contributed by atoms with E-state index >= 15 is 0 Å². The van der Waals surface area contributed by atoms with Crippen LogP contribution in [0.25, 0.3) is 0 Å². The molecule has 72 valence electrons. The summed E-state index contributed by atoms with van der Waals surface area (Å²) < 4.78 is 1.32. The number of nitrogens with zero attached hydrogens (tertiary/aromatic N) is 2. The second-order valence-corrected chi connectivity index (χ2v) is 3.96. The Morgan fingerprint density at radius 2 is 1.83 bits per heavy atom. The fourth-order valence-electron chi connectivity index (χ4n) is 2.16. The highest BCUT2D eigenvalue weighted by atomic mass is 15.5. The van der Waals surface area contributed by atoms with Crippen LogP contribution in [-0.4, -0.2) is 48.8 Å². The minimum atomic E-state index is 1.29. The predicted molar refractivity (Wildman–Crippen MR) is 52.9 cm³/mol. The molecular formula is C10H23N2+. The second-order valence-electron chi connectivity index (χ2n) is 3.96. The summed E-state index contributed by atoms with van der Waals surface area (Å²) in [7, 11) is 0. The van der Waals surface area contributed by atoms with Crippen LogP contribution in [0.3, 0.4) is 0 Å². The molecule has 1 rings (SSSR count). The molecule has 2 heteroatoms. The van der Waals surface area contributed by atoms with Crippen molar-refractivity contribution in [3.8, 4) is 0 Å². The van der Waals surface area contributed by atoms with Gasteiger partial charge in [-0.15, -0.1) is 0 Å². The van der Waals surface area contributed by atoms with E-state index < -0.39 is 0 Å². The molecule has 0 atom stereocenters. The van der Waals surface area contributed by atoms with E-state index in [0.717, 1.165) is 0 Å². The average molecular weight is 171 g/mol. The summed E-state index contributed by atoms with van der Waals surface area (Å²) in [6.07, 6.45) is 1.30. The molecule has 0 bridgehead atoms. The fraction of sp³-hybridized carbons (Fsp3) is 1.00. The highest BCUT2D eigenvalue weighted by Gasteiger charge is 2.32. The third kappa shape index (κ3) is 1.99. The summed E-state index contributed by atoms with van der Waals surface area (Å²) in [6.45, 7) is 14.8. The van der Waals surface area contributed by atoms with Crippen molar-refractivity contribution in [2.75, 3.05) is 39.4 Å². The lowest BCUT2D eigenvalue weighted by Gasteiger charge is -2.31. The van der Waals surface area contributed by atoms with E-state index in [2.05, 4.69) is 25.7 Å². The van der Waals surface area contributed by atoms with Gasteiger partial charge in [-0.05, 0) is 20.3 Å². The van der Waals surface area contributed by atoms with Gasteiger partial charge in [0.05, 0.1) is 26.2 Å². The molecule has 0 radical (unpaired) electrons. The molecule has 0 aliphatic carbocycles. The highest BCUT2D eigenvalue weighted by Crippen LogP contribution is 2.15. The molecule has 0 N–H and O–H groups in total. The molecule has 1 aliphatic heterocycles. The standard InChI is InChI=1S/C10H23N2/c1-4-7-11-8-9-12(5-2,6-3)10-11/h4-10H2,1-3H3/q+1. The molecule has 2 nitrogen and oxygen atoms in total. The summed E-state index contributed by atoms with van der Waals surface area (Å²) in [5, 5.41) is 0. The molecule has 0 saturated carbocycles. The summed E-state index contributed by atoms with van der Waals surface area (Å²) in [4.78, 5) is 2.60.